The molecule has 0 atom stereocenters. The van der Waals surface area contributed by atoms with Crippen molar-refractivity contribution in [2.24, 2.45) is 0 Å². The van der Waals surface area contributed by atoms with E-state index in [9.17, 15) is 13.2 Å². The minimum atomic E-state index is -3.85. The first-order valence-electron chi connectivity index (χ1n) is 14.6. The molecule has 0 unspecified atom stereocenters. The second-order valence-electron chi connectivity index (χ2n) is 11.5. The maximum atomic E-state index is 15.8. The van der Waals surface area contributed by atoms with Gasteiger partial charge in [-0.3, -0.25) is 9.78 Å². The summed E-state index contributed by atoms with van der Waals surface area (Å²) in [7, 11) is -3.85. The number of imidazole rings is 1. The van der Waals surface area contributed by atoms with E-state index < -0.39 is 21.4 Å². The Kier molecular flexibility index (Phi) is 10.1. The lowest BCUT2D eigenvalue weighted by Gasteiger charge is -2.21. The van der Waals surface area contributed by atoms with E-state index in [4.69, 9.17) is 4.98 Å². The van der Waals surface area contributed by atoms with Crippen LogP contribution in [0.5, 0.6) is 0 Å². The number of aromatic nitrogens is 3. The van der Waals surface area contributed by atoms with Crippen molar-refractivity contribution in [2.75, 3.05) is 11.9 Å². The molecule has 0 aliphatic rings. The highest BCUT2D eigenvalue weighted by Gasteiger charge is 2.26. The van der Waals surface area contributed by atoms with Crippen LogP contribution in [-0.4, -0.2) is 40.8 Å². The summed E-state index contributed by atoms with van der Waals surface area (Å²) in [6, 6.07) is 15.0. The Labute approximate surface area is 253 Å². The molecule has 0 fully saturated rings. The molecule has 4 rings (SSSR count). The van der Waals surface area contributed by atoms with E-state index in [1.807, 2.05) is 30.5 Å². The molecule has 0 radical (unpaired) electrons. The lowest BCUT2D eigenvalue weighted by Crippen LogP contribution is -2.40. The van der Waals surface area contributed by atoms with E-state index in [0.717, 1.165) is 17.9 Å². The smallest absolute Gasteiger partial charge is 0.241 e. The molecule has 10 heteroatoms. The van der Waals surface area contributed by atoms with Crippen molar-refractivity contribution in [3.05, 3.63) is 95.6 Å². The van der Waals surface area contributed by atoms with Crippen LogP contribution < -0.4 is 10.0 Å². The number of ketones is 1. The molecular weight excluding hydrogens is 565 g/mol. The number of pyridine rings is 1. The van der Waals surface area contributed by atoms with E-state index in [-0.39, 0.29) is 23.6 Å². The fourth-order valence-electron chi connectivity index (χ4n) is 5.01. The molecule has 0 aliphatic carbocycles. The summed E-state index contributed by atoms with van der Waals surface area (Å²) >= 11 is 0. The van der Waals surface area contributed by atoms with Crippen molar-refractivity contribution in [3.8, 4) is 11.1 Å². The second-order valence-corrected chi connectivity index (χ2v) is 13.2. The predicted molar refractivity (Wildman–Crippen MR) is 168 cm³/mol. The predicted octanol–water partition coefficient (Wildman–Crippen LogP) is 6.41. The largest absolute Gasteiger partial charge is 0.383 e. The van der Waals surface area contributed by atoms with Gasteiger partial charge in [0.05, 0.1) is 22.8 Å². The molecule has 2 N–H and O–H groups in total. The number of aryl methyl sites for hydroxylation is 2. The molecule has 43 heavy (non-hydrogen) atoms. The third-order valence-corrected chi connectivity index (χ3v) is 8.66. The van der Waals surface area contributed by atoms with Crippen LogP contribution in [0.2, 0.25) is 0 Å². The van der Waals surface area contributed by atoms with Crippen LogP contribution in [0.3, 0.4) is 0 Å². The first kappa shape index (κ1) is 32.0. The number of carbonyl (C=O) groups excluding carboxylic acids is 1. The fourth-order valence-corrected chi connectivity index (χ4v) is 6.66. The van der Waals surface area contributed by atoms with Crippen LogP contribution in [0.25, 0.3) is 11.1 Å². The minimum absolute atomic E-state index is 0.0643. The van der Waals surface area contributed by atoms with Crippen molar-refractivity contribution in [3.63, 3.8) is 0 Å². The molecule has 0 saturated heterocycles. The molecule has 2 aromatic carbocycles. The molecule has 0 spiro atoms. The van der Waals surface area contributed by atoms with Crippen molar-refractivity contribution < 1.29 is 17.6 Å². The van der Waals surface area contributed by atoms with Crippen LogP contribution in [0, 0.1) is 5.82 Å². The highest BCUT2D eigenvalue weighted by Crippen LogP contribution is 2.30. The van der Waals surface area contributed by atoms with Gasteiger partial charge in [-0.1, -0.05) is 44.2 Å². The first-order chi connectivity index (χ1) is 20.4. The molecule has 2 aromatic heterocycles. The van der Waals surface area contributed by atoms with E-state index in [2.05, 4.69) is 15.0 Å². The minimum Gasteiger partial charge on any atom is -0.383 e. The van der Waals surface area contributed by atoms with E-state index in [1.165, 1.54) is 12.1 Å². The summed E-state index contributed by atoms with van der Waals surface area (Å²) in [6.07, 6.45) is 5.69. The average molecular weight is 606 g/mol. The molecule has 0 amide bonds. The highest BCUT2D eigenvalue weighted by molar-refractivity contribution is 7.89. The average Bonchev–Trinajstić information content (AvgIpc) is 3.30. The van der Waals surface area contributed by atoms with Crippen molar-refractivity contribution in [1.82, 2.24) is 19.3 Å². The molecule has 0 aliphatic heterocycles. The van der Waals surface area contributed by atoms with Gasteiger partial charge in [0.25, 0.3) is 0 Å². The number of benzene rings is 2. The monoisotopic (exact) mass is 605 g/mol. The van der Waals surface area contributed by atoms with Crippen molar-refractivity contribution in [1.29, 1.82) is 0 Å². The Morgan fingerprint density at radius 3 is 2.47 bits per heavy atom. The van der Waals surface area contributed by atoms with Gasteiger partial charge < -0.3 is 9.88 Å². The third-order valence-electron chi connectivity index (χ3n) is 6.84. The summed E-state index contributed by atoms with van der Waals surface area (Å²) < 4.78 is 46.6. The number of Topliss-reactive ketones (excluding diaryl/α,β-unsaturated/α-hetero) is 1. The van der Waals surface area contributed by atoms with Crippen molar-refractivity contribution >= 4 is 21.5 Å². The number of anilines is 1. The quantitative estimate of drug-likeness (QED) is 0.171. The summed E-state index contributed by atoms with van der Waals surface area (Å²) in [5.74, 6) is 0.195. The zero-order valence-corrected chi connectivity index (χ0v) is 26.3. The zero-order valence-electron chi connectivity index (χ0n) is 25.4. The van der Waals surface area contributed by atoms with Crippen LogP contribution in [0.1, 0.15) is 75.0 Å². The fraction of sp³-hybridized carbons (Fsp3) is 0.364. The highest BCUT2D eigenvalue weighted by atomic mass is 32.2. The Hall–Kier alpha value is -3.89. The SMILES string of the molecule is CCCc1nc(CC)c(C(=O)CCNc2cccnc2)n1Cc1ccc(-c2ccccc2S(=O)(=O)NC(C)(C)C)cc1F. The van der Waals surface area contributed by atoms with Crippen LogP contribution >= 0.6 is 0 Å². The maximum absolute atomic E-state index is 15.8. The number of sulfonamides is 1. The van der Waals surface area contributed by atoms with Gasteiger partial charge in [-0.05, 0) is 63.4 Å². The van der Waals surface area contributed by atoms with Gasteiger partial charge >= 0.3 is 0 Å². The summed E-state index contributed by atoms with van der Waals surface area (Å²) in [4.78, 5) is 22.5. The summed E-state index contributed by atoms with van der Waals surface area (Å²) in [5, 5.41) is 3.22. The number of carbonyl (C=O) groups is 1. The maximum Gasteiger partial charge on any atom is 0.241 e. The molecule has 0 bridgehead atoms. The van der Waals surface area contributed by atoms with Crippen molar-refractivity contribution in [2.45, 2.75) is 77.3 Å². The molecule has 228 valence electrons. The van der Waals surface area contributed by atoms with Crippen LogP contribution in [0.15, 0.2) is 71.9 Å². The van der Waals surface area contributed by atoms with Gasteiger partial charge in [0, 0.05) is 48.4 Å². The Balaban J connectivity index is 1.65. The topological polar surface area (TPSA) is 106 Å². The number of hydrogen-bond donors (Lipinski definition) is 2. The Morgan fingerprint density at radius 1 is 1.05 bits per heavy atom. The number of rotatable bonds is 13. The van der Waals surface area contributed by atoms with E-state index in [1.54, 1.807) is 63.5 Å². The number of nitrogens with zero attached hydrogens (tertiary/aromatic N) is 3. The second kappa shape index (κ2) is 13.6. The summed E-state index contributed by atoms with van der Waals surface area (Å²) in [5.41, 5.74) is 2.61. The zero-order chi connectivity index (χ0) is 31.2. The molecule has 0 saturated carbocycles. The van der Waals surface area contributed by atoms with Gasteiger partial charge in [0.1, 0.15) is 17.3 Å². The molecule has 8 nitrogen and oxygen atoms in total. The third kappa shape index (κ3) is 7.94. The van der Waals surface area contributed by atoms with Gasteiger partial charge in [-0.2, -0.15) is 0 Å². The number of halogens is 1. The number of nitrogens with one attached hydrogen (secondary N) is 2. The van der Waals surface area contributed by atoms with E-state index >= 15 is 4.39 Å². The lowest BCUT2D eigenvalue weighted by atomic mass is 10.0. The standard InChI is InChI=1S/C33H40FN5O3S/c1-6-11-31-37-28(7-2)32(29(40)17-19-36-25-12-10-18-35-21-25)39(31)22-24-16-15-23(20-27(24)34)26-13-8-9-14-30(26)43(41,42)38-33(3,4)5/h8-10,12-16,18,20-21,36,38H,6-7,11,17,19,22H2,1-5H3. The van der Waals surface area contributed by atoms with Crippen LogP contribution in [0.4, 0.5) is 10.1 Å². The van der Waals surface area contributed by atoms with E-state index in [0.29, 0.717) is 47.5 Å². The van der Waals surface area contributed by atoms with Gasteiger partial charge in [0.2, 0.25) is 10.0 Å². The Bertz CT molecular complexity index is 1680. The Morgan fingerprint density at radius 2 is 1.81 bits per heavy atom. The molecular formula is C33H40FN5O3S. The summed E-state index contributed by atoms with van der Waals surface area (Å²) in [6.45, 7) is 9.87. The first-order valence-corrected chi connectivity index (χ1v) is 16.1. The number of hydrogen-bond acceptors (Lipinski definition) is 6. The van der Waals surface area contributed by atoms with Crippen LogP contribution in [-0.2, 0) is 29.4 Å². The molecule has 4 aromatic rings. The molecule has 2 heterocycles. The van der Waals surface area contributed by atoms with Gasteiger partial charge in [-0.25, -0.2) is 22.5 Å². The van der Waals surface area contributed by atoms with Gasteiger partial charge in [-0.15, -0.1) is 0 Å². The lowest BCUT2D eigenvalue weighted by molar-refractivity contribution is 0.0976. The van der Waals surface area contributed by atoms with Gasteiger partial charge in [0.15, 0.2) is 5.78 Å². The normalized spacial score (nSPS) is 12.0.